The van der Waals surface area contributed by atoms with Crippen molar-refractivity contribution >= 4 is 17.9 Å². The summed E-state index contributed by atoms with van der Waals surface area (Å²) in [6.45, 7) is 5.92. The minimum atomic E-state index is -0.489. The Labute approximate surface area is 111 Å². The van der Waals surface area contributed by atoms with E-state index in [1.807, 2.05) is 26.8 Å². The average molecular weight is 264 g/mol. The largest absolute Gasteiger partial charge is 0.412 e. The van der Waals surface area contributed by atoms with E-state index in [0.29, 0.717) is 5.75 Å². The molecule has 5 heteroatoms. The molecule has 4 nitrogen and oxygen atoms in total. The van der Waals surface area contributed by atoms with E-state index in [9.17, 15) is 4.79 Å². The number of ether oxygens (including phenoxy) is 1. The lowest BCUT2D eigenvalue weighted by atomic mass is 10.0. The lowest BCUT2D eigenvalue weighted by Crippen LogP contribution is -2.22. The first kappa shape index (κ1) is 14.4. The summed E-state index contributed by atoms with van der Waals surface area (Å²) in [4.78, 5) is 12.2. The number of benzene rings is 1. The third kappa shape index (κ3) is 3.41. The van der Waals surface area contributed by atoms with Crippen molar-refractivity contribution in [1.82, 2.24) is 5.32 Å². The van der Waals surface area contributed by atoms with Gasteiger partial charge in [0.1, 0.15) is 11.2 Å². The first-order valence-corrected chi connectivity index (χ1v) is 6.41. The van der Waals surface area contributed by atoms with Crippen LogP contribution in [-0.4, -0.2) is 13.1 Å². The van der Waals surface area contributed by atoms with Crippen LogP contribution in [0.5, 0.6) is 5.75 Å². The molecular formula is C13H16N2O2S. The molecule has 0 aliphatic carbocycles. The number of hydrogen-bond acceptors (Lipinski definition) is 4. The van der Waals surface area contributed by atoms with Crippen LogP contribution in [0.1, 0.15) is 30.9 Å². The summed E-state index contributed by atoms with van der Waals surface area (Å²) in [6.07, 6.45) is -0.489. The van der Waals surface area contributed by atoms with Gasteiger partial charge in [-0.15, -0.1) is 0 Å². The van der Waals surface area contributed by atoms with E-state index in [4.69, 9.17) is 10.00 Å². The zero-order valence-corrected chi connectivity index (χ0v) is 11.7. The highest BCUT2D eigenvalue weighted by Crippen LogP contribution is 2.33. The first-order chi connectivity index (χ1) is 8.49. The smallest absolute Gasteiger partial charge is 0.410 e. The monoisotopic (exact) mass is 264 g/mol. The van der Waals surface area contributed by atoms with Crippen molar-refractivity contribution in [1.29, 1.82) is 5.26 Å². The number of rotatable bonds is 3. The molecule has 0 aromatic heterocycles. The second-order valence-electron chi connectivity index (χ2n) is 4.14. The van der Waals surface area contributed by atoms with Gasteiger partial charge in [0.2, 0.25) is 0 Å². The van der Waals surface area contributed by atoms with Gasteiger partial charge in [-0.1, -0.05) is 13.8 Å². The van der Waals surface area contributed by atoms with Gasteiger partial charge in [-0.25, -0.2) is 4.79 Å². The highest BCUT2D eigenvalue weighted by Gasteiger charge is 2.14. The molecule has 0 atom stereocenters. The summed E-state index contributed by atoms with van der Waals surface area (Å²) in [5.41, 5.74) is 1.84. The lowest BCUT2D eigenvalue weighted by Gasteiger charge is -2.15. The number of nitrogens with zero attached hydrogens (tertiary/aromatic N) is 1. The van der Waals surface area contributed by atoms with Gasteiger partial charge in [0.25, 0.3) is 0 Å². The van der Waals surface area contributed by atoms with E-state index in [1.54, 1.807) is 6.07 Å². The fourth-order valence-electron chi connectivity index (χ4n) is 1.53. The van der Waals surface area contributed by atoms with Crippen LogP contribution in [-0.2, 0) is 0 Å². The van der Waals surface area contributed by atoms with Crippen molar-refractivity contribution in [2.75, 3.05) is 7.05 Å². The Balaban J connectivity index is 3.21. The number of aryl methyl sites for hydroxylation is 1. The van der Waals surface area contributed by atoms with Gasteiger partial charge in [-0.3, -0.25) is 0 Å². The molecule has 1 aromatic rings. The molecule has 1 N–H and O–H groups in total. The van der Waals surface area contributed by atoms with E-state index < -0.39 is 6.09 Å². The molecule has 0 heterocycles. The zero-order valence-electron chi connectivity index (χ0n) is 10.9. The number of amides is 1. The van der Waals surface area contributed by atoms with E-state index in [-0.39, 0.29) is 5.92 Å². The second kappa shape index (κ2) is 6.31. The number of nitrogens with one attached hydrogen (secondary N) is 1. The molecule has 0 aliphatic rings. The lowest BCUT2D eigenvalue weighted by molar-refractivity contribution is 0.202. The molecular weight excluding hydrogens is 248 g/mol. The van der Waals surface area contributed by atoms with E-state index in [1.165, 1.54) is 7.05 Å². The number of nitriles is 1. The Kier molecular flexibility index (Phi) is 5.05. The average Bonchev–Trinajstić information content (AvgIpc) is 2.32. The summed E-state index contributed by atoms with van der Waals surface area (Å²) in [7, 11) is 1.52. The van der Waals surface area contributed by atoms with Gasteiger partial charge in [0.15, 0.2) is 0 Å². The summed E-state index contributed by atoms with van der Waals surface area (Å²) >= 11 is 1.12. The summed E-state index contributed by atoms with van der Waals surface area (Å²) < 4.78 is 5.23. The topological polar surface area (TPSA) is 62.1 Å². The van der Waals surface area contributed by atoms with Crippen LogP contribution in [0.3, 0.4) is 0 Å². The van der Waals surface area contributed by atoms with Gasteiger partial charge in [-0.2, -0.15) is 5.26 Å². The molecule has 96 valence electrons. The Bertz CT molecular complexity index is 492. The fraction of sp³-hybridized carbons (Fsp3) is 0.385. The maximum Gasteiger partial charge on any atom is 0.412 e. The number of thiocyanates is 1. The minimum absolute atomic E-state index is 0.211. The normalized spacial score (nSPS) is 10.0. The van der Waals surface area contributed by atoms with E-state index in [0.717, 1.165) is 27.8 Å². The molecule has 0 unspecified atom stereocenters. The third-order valence-electron chi connectivity index (χ3n) is 2.49. The van der Waals surface area contributed by atoms with Gasteiger partial charge in [0, 0.05) is 11.9 Å². The molecule has 0 radical (unpaired) electrons. The predicted molar refractivity (Wildman–Crippen MR) is 71.8 cm³/mol. The van der Waals surface area contributed by atoms with Crippen molar-refractivity contribution in [3.63, 3.8) is 0 Å². The molecule has 0 fully saturated rings. The third-order valence-corrected chi connectivity index (χ3v) is 3.24. The van der Waals surface area contributed by atoms with E-state index >= 15 is 0 Å². The number of carbonyl (C=O) groups excluding carboxylic acids is 1. The molecule has 0 spiro atoms. The van der Waals surface area contributed by atoms with Crippen LogP contribution in [0.4, 0.5) is 4.79 Å². The Morgan fingerprint density at radius 2 is 2.17 bits per heavy atom. The first-order valence-electron chi connectivity index (χ1n) is 5.59. The van der Waals surface area contributed by atoms with Crippen molar-refractivity contribution in [3.05, 3.63) is 23.3 Å². The Morgan fingerprint density at radius 3 is 2.67 bits per heavy atom. The molecule has 0 aliphatic heterocycles. The fourth-order valence-corrected chi connectivity index (χ4v) is 2.03. The standard InChI is InChI=1S/C13H16N2O2S/c1-8(2)10-6-12(18-7-14)9(3)5-11(10)17-13(16)15-4/h5-6,8H,1-4H3,(H,15,16). The van der Waals surface area contributed by atoms with Crippen LogP contribution in [0.25, 0.3) is 0 Å². The molecule has 1 aromatic carbocycles. The van der Waals surface area contributed by atoms with Crippen LogP contribution in [0.2, 0.25) is 0 Å². The van der Waals surface area contributed by atoms with Crippen LogP contribution in [0, 0.1) is 17.6 Å². The molecule has 1 amide bonds. The number of thioether (sulfide) groups is 1. The molecule has 0 bridgehead atoms. The summed E-state index contributed by atoms with van der Waals surface area (Å²) in [5.74, 6) is 0.757. The van der Waals surface area contributed by atoms with Gasteiger partial charge in [-0.05, 0) is 47.9 Å². The van der Waals surface area contributed by atoms with Crippen LogP contribution < -0.4 is 10.1 Å². The Morgan fingerprint density at radius 1 is 1.50 bits per heavy atom. The highest BCUT2D eigenvalue weighted by atomic mass is 32.2. The van der Waals surface area contributed by atoms with Gasteiger partial charge in [0.05, 0.1) is 0 Å². The SMILES string of the molecule is CNC(=O)Oc1cc(C)c(SC#N)cc1C(C)C. The van der Waals surface area contributed by atoms with Crippen LogP contribution >= 0.6 is 11.8 Å². The quantitative estimate of drug-likeness (QED) is 0.671. The van der Waals surface area contributed by atoms with E-state index in [2.05, 4.69) is 10.7 Å². The maximum atomic E-state index is 11.3. The summed E-state index contributed by atoms with van der Waals surface area (Å²) in [6, 6.07) is 3.70. The number of carbonyl (C=O) groups is 1. The number of hydrogen-bond donors (Lipinski definition) is 1. The van der Waals surface area contributed by atoms with Crippen molar-refractivity contribution in [2.24, 2.45) is 0 Å². The van der Waals surface area contributed by atoms with Crippen molar-refractivity contribution < 1.29 is 9.53 Å². The molecule has 1 rings (SSSR count). The molecule has 18 heavy (non-hydrogen) atoms. The molecule has 0 saturated heterocycles. The van der Waals surface area contributed by atoms with Crippen molar-refractivity contribution in [3.8, 4) is 11.2 Å². The van der Waals surface area contributed by atoms with Crippen molar-refractivity contribution in [2.45, 2.75) is 31.6 Å². The molecule has 0 saturated carbocycles. The second-order valence-corrected chi connectivity index (χ2v) is 4.97. The zero-order chi connectivity index (χ0) is 13.7. The summed E-state index contributed by atoms with van der Waals surface area (Å²) in [5, 5.41) is 13.2. The Hall–Kier alpha value is -1.67. The minimum Gasteiger partial charge on any atom is -0.410 e. The van der Waals surface area contributed by atoms with Gasteiger partial charge >= 0.3 is 6.09 Å². The highest BCUT2D eigenvalue weighted by molar-refractivity contribution is 8.03. The van der Waals surface area contributed by atoms with Crippen LogP contribution in [0.15, 0.2) is 17.0 Å². The maximum absolute atomic E-state index is 11.3. The predicted octanol–water partition coefficient (Wildman–Crippen LogP) is 3.41. The van der Waals surface area contributed by atoms with Gasteiger partial charge < -0.3 is 10.1 Å².